The van der Waals surface area contributed by atoms with Gasteiger partial charge in [-0.1, -0.05) is 30.3 Å². The van der Waals surface area contributed by atoms with Crippen LogP contribution in [0.25, 0.3) is 0 Å². The van der Waals surface area contributed by atoms with Gasteiger partial charge in [0, 0.05) is 13.0 Å². The number of aliphatic imine (C=N–C) groups is 1. The number of halogens is 1. The standard InChI is InChI=1S/C20H29ClN6O3/c21-12-17(28)14(8-10-25-20(22)23)26-19(30)16(11-13-5-2-1-3-6-13)27-18(29)15-7-4-9-24-15/h1-3,5-6,14-16,24H,4,7-12H2,(H,26,30)(H,27,29)(H4,22,23,25)/t14-,15+,16-/m0/s1. The lowest BCUT2D eigenvalue weighted by molar-refractivity contribution is -0.131. The number of Topliss-reactive ketones (excluding diaryl/α,β-unsaturated/α-hetero) is 1. The van der Waals surface area contributed by atoms with E-state index in [1.807, 2.05) is 30.3 Å². The number of rotatable bonds is 11. The quantitative estimate of drug-likeness (QED) is 0.178. The summed E-state index contributed by atoms with van der Waals surface area (Å²) in [6.07, 6.45) is 2.12. The zero-order valence-corrected chi connectivity index (χ0v) is 17.5. The lowest BCUT2D eigenvalue weighted by Gasteiger charge is -2.23. The minimum Gasteiger partial charge on any atom is -0.370 e. The van der Waals surface area contributed by atoms with E-state index in [-0.39, 0.29) is 42.5 Å². The van der Waals surface area contributed by atoms with Gasteiger partial charge in [0.25, 0.3) is 0 Å². The number of hydrogen-bond donors (Lipinski definition) is 5. The van der Waals surface area contributed by atoms with Gasteiger partial charge in [0.2, 0.25) is 11.8 Å². The second-order valence-electron chi connectivity index (χ2n) is 7.16. The van der Waals surface area contributed by atoms with Gasteiger partial charge in [0.15, 0.2) is 11.7 Å². The first-order valence-corrected chi connectivity index (χ1v) is 10.5. The summed E-state index contributed by atoms with van der Waals surface area (Å²) in [6.45, 7) is 0.933. The minimum atomic E-state index is -0.849. The molecule has 0 spiro atoms. The molecule has 1 aliphatic heterocycles. The maximum Gasteiger partial charge on any atom is 0.243 e. The fourth-order valence-corrected chi connectivity index (χ4v) is 3.43. The number of hydrogen-bond acceptors (Lipinski definition) is 5. The van der Waals surface area contributed by atoms with E-state index in [2.05, 4.69) is 20.9 Å². The van der Waals surface area contributed by atoms with Crippen LogP contribution >= 0.6 is 11.6 Å². The number of nitrogens with zero attached hydrogens (tertiary/aromatic N) is 1. The Morgan fingerprint density at radius 1 is 1.17 bits per heavy atom. The third-order valence-electron chi connectivity index (χ3n) is 4.84. The van der Waals surface area contributed by atoms with Crippen molar-refractivity contribution in [3.05, 3.63) is 35.9 Å². The van der Waals surface area contributed by atoms with Crippen molar-refractivity contribution in [3.8, 4) is 0 Å². The van der Waals surface area contributed by atoms with Gasteiger partial charge >= 0.3 is 0 Å². The molecule has 0 saturated carbocycles. The molecule has 2 rings (SSSR count). The summed E-state index contributed by atoms with van der Waals surface area (Å²) < 4.78 is 0. The number of amides is 2. The summed E-state index contributed by atoms with van der Waals surface area (Å²) in [5.41, 5.74) is 11.5. The molecule has 164 valence electrons. The smallest absolute Gasteiger partial charge is 0.243 e. The molecule has 1 fully saturated rings. The number of nitrogens with two attached hydrogens (primary N) is 2. The Morgan fingerprint density at radius 3 is 2.50 bits per heavy atom. The van der Waals surface area contributed by atoms with E-state index in [0.717, 1.165) is 24.9 Å². The molecule has 0 aliphatic carbocycles. The molecule has 1 heterocycles. The zero-order chi connectivity index (χ0) is 21.9. The Kier molecular flexibility index (Phi) is 9.56. The van der Waals surface area contributed by atoms with E-state index >= 15 is 0 Å². The molecule has 9 nitrogen and oxygen atoms in total. The molecule has 1 aromatic carbocycles. The Balaban J connectivity index is 2.10. The van der Waals surface area contributed by atoms with Crippen molar-refractivity contribution >= 4 is 35.2 Å². The summed E-state index contributed by atoms with van der Waals surface area (Å²) in [5.74, 6) is -1.40. The summed E-state index contributed by atoms with van der Waals surface area (Å²) >= 11 is 5.69. The van der Waals surface area contributed by atoms with E-state index in [4.69, 9.17) is 23.1 Å². The highest BCUT2D eigenvalue weighted by Gasteiger charge is 2.29. The molecular formula is C20H29ClN6O3. The Labute approximate surface area is 181 Å². The molecule has 1 saturated heterocycles. The Morgan fingerprint density at radius 2 is 1.90 bits per heavy atom. The third kappa shape index (κ3) is 7.64. The van der Waals surface area contributed by atoms with Gasteiger partial charge in [0.05, 0.1) is 18.0 Å². The third-order valence-corrected chi connectivity index (χ3v) is 5.10. The van der Waals surface area contributed by atoms with E-state index < -0.39 is 18.0 Å². The largest absolute Gasteiger partial charge is 0.370 e. The molecule has 3 atom stereocenters. The molecule has 30 heavy (non-hydrogen) atoms. The topological polar surface area (TPSA) is 152 Å². The molecule has 0 bridgehead atoms. The summed E-state index contributed by atoms with van der Waals surface area (Å²) in [6, 6.07) is 7.34. The number of alkyl halides is 1. The molecule has 0 aromatic heterocycles. The number of carbonyl (C=O) groups is 3. The molecule has 2 amide bonds. The van der Waals surface area contributed by atoms with Gasteiger partial charge in [-0.05, 0) is 31.4 Å². The van der Waals surface area contributed by atoms with Gasteiger partial charge in [-0.15, -0.1) is 11.6 Å². The van der Waals surface area contributed by atoms with Gasteiger partial charge in [-0.2, -0.15) is 0 Å². The number of carbonyl (C=O) groups excluding carboxylic acids is 3. The van der Waals surface area contributed by atoms with E-state index in [1.165, 1.54) is 0 Å². The lowest BCUT2D eigenvalue weighted by Crippen LogP contribution is -2.55. The second-order valence-corrected chi connectivity index (χ2v) is 7.42. The van der Waals surface area contributed by atoms with Gasteiger partial charge in [-0.3, -0.25) is 19.4 Å². The monoisotopic (exact) mass is 436 g/mol. The molecular weight excluding hydrogens is 408 g/mol. The summed E-state index contributed by atoms with van der Waals surface area (Å²) in [7, 11) is 0. The SMILES string of the molecule is NC(N)=NCC[C@H](NC(=O)[C@H](Cc1ccccc1)NC(=O)[C@H]1CCCN1)C(=O)CCl. The van der Waals surface area contributed by atoms with Crippen LogP contribution in [0.15, 0.2) is 35.3 Å². The van der Waals surface area contributed by atoms with Crippen LogP contribution in [0.3, 0.4) is 0 Å². The average Bonchev–Trinajstić information content (AvgIpc) is 3.27. The van der Waals surface area contributed by atoms with Gasteiger partial charge < -0.3 is 27.4 Å². The van der Waals surface area contributed by atoms with Crippen LogP contribution in [0, 0.1) is 0 Å². The van der Waals surface area contributed by atoms with Crippen molar-refractivity contribution in [2.24, 2.45) is 16.5 Å². The highest BCUT2D eigenvalue weighted by molar-refractivity contribution is 6.28. The molecule has 0 radical (unpaired) electrons. The van der Waals surface area contributed by atoms with Crippen LogP contribution < -0.4 is 27.4 Å². The molecule has 1 aliphatic rings. The number of nitrogens with one attached hydrogen (secondary N) is 3. The predicted octanol–water partition coefficient (Wildman–Crippen LogP) is -0.578. The zero-order valence-electron chi connectivity index (χ0n) is 16.8. The Bertz CT molecular complexity index is 748. The predicted molar refractivity (Wildman–Crippen MR) is 116 cm³/mol. The number of ketones is 1. The first kappa shape index (κ1) is 23.6. The first-order chi connectivity index (χ1) is 14.4. The van der Waals surface area contributed by atoms with Crippen molar-refractivity contribution in [2.75, 3.05) is 19.0 Å². The van der Waals surface area contributed by atoms with E-state index in [1.54, 1.807) is 0 Å². The maximum atomic E-state index is 13.0. The second kappa shape index (κ2) is 12.1. The molecule has 0 unspecified atom stereocenters. The van der Waals surface area contributed by atoms with Gasteiger partial charge in [-0.25, -0.2) is 0 Å². The maximum absolute atomic E-state index is 13.0. The molecule has 1 aromatic rings. The van der Waals surface area contributed by atoms with Gasteiger partial charge in [0.1, 0.15) is 6.04 Å². The normalized spacial score (nSPS) is 17.6. The van der Waals surface area contributed by atoms with Crippen molar-refractivity contribution in [3.63, 3.8) is 0 Å². The van der Waals surface area contributed by atoms with Crippen LogP contribution in [0.1, 0.15) is 24.8 Å². The summed E-state index contributed by atoms with van der Waals surface area (Å²) in [5, 5.41) is 8.63. The fraction of sp³-hybridized carbons (Fsp3) is 0.500. The van der Waals surface area contributed by atoms with Crippen LogP contribution in [0.2, 0.25) is 0 Å². The van der Waals surface area contributed by atoms with Crippen molar-refractivity contribution in [1.82, 2.24) is 16.0 Å². The fourth-order valence-electron chi connectivity index (χ4n) is 3.24. The highest BCUT2D eigenvalue weighted by atomic mass is 35.5. The van der Waals surface area contributed by atoms with Crippen LogP contribution in [-0.2, 0) is 20.8 Å². The van der Waals surface area contributed by atoms with E-state index in [9.17, 15) is 14.4 Å². The molecule has 10 heteroatoms. The summed E-state index contributed by atoms with van der Waals surface area (Å²) in [4.78, 5) is 41.6. The highest BCUT2D eigenvalue weighted by Crippen LogP contribution is 2.09. The van der Waals surface area contributed by atoms with Crippen molar-refractivity contribution < 1.29 is 14.4 Å². The lowest BCUT2D eigenvalue weighted by atomic mass is 10.0. The van der Waals surface area contributed by atoms with Crippen LogP contribution in [0.5, 0.6) is 0 Å². The minimum absolute atomic E-state index is 0.100. The molecule has 7 N–H and O–H groups in total. The van der Waals surface area contributed by atoms with E-state index in [0.29, 0.717) is 6.42 Å². The van der Waals surface area contributed by atoms with Crippen LogP contribution in [-0.4, -0.2) is 60.7 Å². The van der Waals surface area contributed by atoms with Crippen molar-refractivity contribution in [1.29, 1.82) is 0 Å². The first-order valence-electron chi connectivity index (χ1n) is 9.92. The Hall–Kier alpha value is -2.65. The number of guanidine groups is 1. The van der Waals surface area contributed by atoms with Crippen molar-refractivity contribution in [2.45, 2.75) is 43.8 Å². The van der Waals surface area contributed by atoms with Crippen LogP contribution in [0.4, 0.5) is 0 Å². The average molecular weight is 437 g/mol. The number of benzene rings is 1.